The average molecular weight is 697 g/mol. The second-order valence-corrected chi connectivity index (χ2v) is 12.9. The summed E-state index contributed by atoms with van der Waals surface area (Å²) in [6, 6.07) is 45.3. The van der Waals surface area contributed by atoms with Gasteiger partial charge in [0.05, 0.1) is 0 Å². The molecule has 0 unspecified atom stereocenters. The van der Waals surface area contributed by atoms with E-state index < -0.39 is 23.7 Å². The van der Waals surface area contributed by atoms with E-state index in [4.69, 9.17) is 9.47 Å². The van der Waals surface area contributed by atoms with Crippen molar-refractivity contribution in [2.45, 2.75) is 49.7 Å². The van der Waals surface area contributed by atoms with E-state index in [9.17, 15) is 19.5 Å². The van der Waals surface area contributed by atoms with Gasteiger partial charge in [-0.15, -0.1) is 0 Å². The summed E-state index contributed by atoms with van der Waals surface area (Å²) in [6.07, 6.45) is 1.32. The maximum Gasteiger partial charge on any atom is 0.407 e. The number of rotatable bonds is 17. The zero-order valence-electron chi connectivity index (χ0n) is 29.1. The predicted molar refractivity (Wildman–Crippen MR) is 201 cm³/mol. The van der Waals surface area contributed by atoms with Crippen LogP contribution in [-0.4, -0.2) is 48.9 Å². The highest BCUT2D eigenvalue weighted by Gasteiger charge is 2.37. The second-order valence-electron chi connectivity index (χ2n) is 12.9. The number of fused-ring (bicyclic) bond motifs is 3. The molecule has 52 heavy (non-hydrogen) atoms. The second kappa shape index (κ2) is 17.5. The fourth-order valence-corrected chi connectivity index (χ4v) is 7.06. The molecule has 8 nitrogen and oxygen atoms in total. The molecular weight excluding hydrogens is 652 g/mol. The van der Waals surface area contributed by atoms with Crippen LogP contribution >= 0.6 is 0 Å². The van der Waals surface area contributed by atoms with Gasteiger partial charge in [-0.1, -0.05) is 140 Å². The van der Waals surface area contributed by atoms with Gasteiger partial charge in [0.1, 0.15) is 18.2 Å². The zero-order chi connectivity index (χ0) is 36.2. The number of unbranched alkanes of at least 4 members (excludes halogenated alkanes) is 1. The van der Waals surface area contributed by atoms with Crippen molar-refractivity contribution in [3.63, 3.8) is 0 Å². The lowest BCUT2D eigenvalue weighted by molar-refractivity contribution is -0.139. The Balaban J connectivity index is 0.938. The Bertz CT molecular complexity index is 1790. The maximum atomic E-state index is 12.7. The lowest BCUT2D eigenvalue weighted by atomic mass is 9.80. The predicted octanol–water partition coefficient (Wildman–Crippen LogP) is 8.05. The zero-order valence-corrected chi connectivity index (χ0v) is 29.1. The van der Waals surface area contributed by atoms with Crippen molar-refractivity contribution < 1.29 is 29.0 Å². The van der Waals surface area contributed by atoms with Crippen molar-refractivity contribution in [1.82, 2.24) is 10.6 Å². The van der Waals surface area contributed by atoms with Gasteiger partial charge in [-0.05, 0) is 64.6 Å². The molecule has 0 aliphatic heterocycles. The summed E-state index contributed by atoms with van der Waals surface area (Å²) in [7, 11) is 0. The number of aliphatic carboxylic acids is 1. The molecule has 0 heterocycles. The largest absolute Gasteiger partial charge is 0.480 e. The summed E-state index contributed by atoms with van der Waals surface area (Å²) in [5.41, 5.74) is 6.58. The summed E-state index contributed by atoms with van der Waals surface area (Å²) < 4.78 is 12.3. The summed E-state index contributed by atoms with van der Waals surface area (Å²) in [5.74, 6) is -1.34. The van der Waals surface area contributed by atoms with Crippen LogP contribution in [0.1, 0.15) is 65.8 Å². The number of amides is 2. The summed E-state index contributed by atoms with van der Waals surface area (Å²) in [5, 5.41) is 15.2. The van der Waals surface area contributed by atoms with Crippen LogP contribution in [0.25, 0.3) is 11.1 Å². The molecule has 8 heteroatoms. The number of hydrogen-bond acceptors (Lipinski definition) is 5. The van der Waals surface area contributed by atoms with Gasteiger partial charge >= 0.3 is 12.1 Å². The molecule has 0 saturated carbocycles. The fourth-order valence-electron chi connectivity index (χ4n) is 7.06. The number of alkyl carbamates (subject to hydrolysis) is 1. The Morgan fingerprint density at radius 1 is 0.654 bits per heavy atom. The van der Waals surface area contributed by atoms with Gasteiger partial charge in [-0.2, -0.15) is 0 Å². The Kier molecular flexibility index (Phi) is 12.1. The van der Waals surface area contributed by atoms with Crippen molar-refractivity contribution >= 4 is 18.0 Å². The molecule has 1 aliphatic carbocycles. The number of carbonyl (C=O) groups excluding carboxylic acids is 2. The SMILES string of the molecule is O=C(CCCOC(c1ccccc1)(c1ccccc1)c1ccccc1)NCCCC[C@H](NC(=O)OCC1c2ccccc2-c2ccccc21)C(=O)O. The Morgan fingerprint density at radius 3 is 1.67 bits per heavy atom. The number of carboxylic acid groups (broad SMARTS) is 1. The van der Waals surface area contributed by atoms with Crippen LogP contribution < -0.4 is 10.6 Å². The van der Waals surface area contributed by atoms with Crippen molar-refractivity contribution in [3.05, 3.63) is 167 Å². The molecule has 0 spiro atoms. The molecule has 3 N–H and O–H groups in total. The number of carbonyl (C=O) groups is 3. The summed E-state index contributed by atoms with van der Waals surface area (Å²) in [4.78, 5) is 37.3. The van der Waals surface area contributed by atoms with Gasteiger partial charge < -0.3 is 25.2 Å². The van der Waals surface area contributed by atoms with Crippen molar-refractivity contribution in [1.29, 1.82) is 0 Å². The topological polar surface area (TPSA) is 114 Å². The van der Waals surface area contributed by atoms with Gasteiger partial charge in [0.2, 0.25) is 5.91 Å². The standard InChI is InChI=1S/C44H44N2O6/c47-41(28-16-30-52-44(32-17-4-1-5-18-32,33-19-6-2-7-20-33)34-21-8-3-9-22-34)45-29-15-14-27-40(42(48)49)46-43(50)51-31-39-37-25-12-10-23-35(37)36-24-11-13-26-38(36)39/h1-13,17-26,39-40H,14-16,27-31H2,(H,45,47)(H,46,50)(H,48,49)/t40-/m0/s1. The normalized spacial score (nSPS) is 12.7. The van der Waals surface area contributed by atoms with E-state index in [0.29, 0.717) is 32.4 Å². The lowest BCUT2D eigenvalue weighted by Crippen LogP contribution is -2.41. The fraction of sp³-hybridized carbons (Fsp3) is 0.250. The average Bonchev–Trinajstić information content (AvgIpc) is 3.51. The van der Waals surface area contributed by atoms with Crippen molar-refractivity contribution in [3.8, 4) is 11.1 Å². The monoisotopic (exact) mass is 696 g/mol. The van der Waals surface area contributed by atoms with Gasteiger partial charge in [0, 0.05) is 25.5 Å². The highest BCUT2D eigenvalue weighted by atomic mass is 16.5. The minimum atomic E-state index is -1.13. The van der Waals surface area contributed by atoms with Crippen LogP contribution in [0.4, 0.5) is 4.79 Å². The maximum absolute atomic E-state index is 12.7. The van der Waals surface area contributed by atoms with Gasteiger partial charge in [-0.25, -0.2) is 9.59 Å². The van der Waals surface area contributed by atoms with E-state index >= 15 is 0 Å². The third-order valence-electron chi connectivity index (χ3n) is 9.58. The van der Waals surface area contributed by atoms with Crippen molar-refractivity contribution in [2.24, 2.45) is 0 Å². The summed E-state index contributed by atoms with van der Waals surface area (Å²) >= 11 is 0. The number of nitrogens with one attached hydrogen (secondary N) is 2. The number of benzene rings is 5. The first kappa shape index (κ1) is 36.1. The molecule has 6 rings (SSSR count). The number of carboxylic acids is 1. The van der Waals surface area contributed by atoms with Crippen LogP contribution in [0, 0.1) is 0 Å². The van der Waals surface area contributed by atoms with E-state index in [2.05, 4.69) is 59.2 Å². The van der Waals surface area contributed by atoms with E-state index in [0.717, 1.165) is 38.9 Å². The van der Waals surface area contributed by atoms with Crippen LogP contribution in [0.15, 0.2) is 140 Å². The summed E-state index contributed by atoms with van der Waals surface area (Å²) in [6.45, 7) is 0.863. The molecule has 1 aliphatic rings. The molecule has 0 aromatic heterocycles. The smallest absolute Gasteiger partial charge is 0.407 e. The quantitative estimate of drug-likeness (QED) is 0.0670. The highest BCUT2D eigenvalue weighted by Crippen LogP contribution is 2.44. The van der Waals surface area contributed by atoms with E-state index in [1.54, 1.807) is 0 Å². The van der Waals surface area contributed by atoms with Crippen LogP contribution in [0.2, 0.25) is 0 Å². The van der Waals surface area contributed by atoms with Crippen LogP contribution in [0.3, 0.4) is 0 Å². The third-order valence-corrected chi connectivity index (χ3v) is 9.58. The lowest BCUT2D eigenvalue weighted by Gasteiger charge is -2.36. The Hall–Kier alpha value is -5.73. The molecule has 0 saturated heterocycles. The molecule has 266 valence electrons. The molecule has 0 fully saturated rings. The first-order chi connectivity index (χ1) is 25.5. The van der Waals surface area contributed by atoms with Gasteiger partial charge in [-0.3, -0.25) is 4.79 Å². The van der Waals surface area contributed by atoms with Crippen LogP contribution in [0.5, 0.6) is 0 Å². The minimum Gasteiger partial charge on any atom is -0.480 e. The first-order valence-electron chi connectivity index (χ1n) is 17.9. The third kappa shape index (κ3) is 8.41. The minimum absolute atomic E-state index is 0.0973. The number of hydrogen-bond donors (Lipinski definition) is 3. The molecule has 0 radical (unpaired) electrons. The molecule has 2 amide bonds. The molecular formula is C44H44N2O6. The van der Waals surface area contributed by atoms with Crippen LogP contribution in [-0.2, 0) is 24.7 Å². The van der Waals surface area contributed by atoms with E-state index in [1.807, 2.05) is 91.0 Å². The highest BCUT2D eigenvalue weighted by molar-refractivity contribution is 5.81. The van der Waals surface area contributed by atoms with Gasteiger partial charge in [0.15, 0.2) is 0 Å². The van der Waals surface area contributed by atoms with E-state index in [1.165, 1.54) is 0 Å². The van der Waals surface area contributed by atoms with Crippen molar-refractivity contribution in [2.75, 3.05) is 19.8 Å². The number of ether oxygens (including phenoxy) is 2. The molecule has 5 aromatic rings. The molecule has 1 atom stereocenters. The molecule has 5 aromatic carbocycles. The Morgan fingerprint density at radius 2 is 1.15 bits per heavy atom. The first-order valence-corrected chi connectivity index (χ1v) is 17.9. The molecule has 0 bridgehead atoms. The Labute approximate surface area is 304 Å². The van der Waals surface area contributed by atoms with E-state index in [-0.39, 0.29) is 31.3 Å². The van der Waals surface area contributed by atoms with Gasteiger partial charge in [0.25, 0.3) is 0 Å².